The number of nitrogens with one attached hydrogen (secondary N) is 2. The highest BCUT2D eigenvalue weighted by Gasteiger charge is 2.32. The van der Waals surface area contributed by atoms with E-state index in [1.54, 1.807) is 0 Å². The van der Waals surface area contributed by atoms with Gasteiger partial charge in [-0.3, -0.25) is 4.79 Å². The second-order valence-corrected chi connectivity index (χ2v) is 4.05. The van der Waals surface area contributed by atoms with Crippen LogP contribution in [0.5, 0.6) is 0 Å². The minimum absolute atomic E-state index is 0.114. The zero-order valence-electron chi connectivity index (χ0n) is 9.47. The second kappa shape index (κ2) is 5.03. The van der Waals surface area contributed by atoms with Crippen LogP contribution in [0, 0.1) is 0 Å². The van der Waals surface area contributed by atoms with Crippen molar-refractivity contribution < 1.29 is 19.1 Å². The van der Waals surface area contributed by atoms with Gasteiger partial charge < -0.3 is 20.3 Å². The van der Waals surface area contributed by atoms with Gasteiger partial charge in [0, 0.05) is 18.9 Å². The number of likely N-dealkylation sites (tertiary alicyclic amines) is 1. The van der Waals surface area contributed by atoms with E-state index < -0.39 is 24.2 Å². The van der Waals surface area contributed by atoms with Gasteiger partial charge in [0.05, 0.1) is 12.6 Å². The molecule has 3 N–H and O–H groups in total. The molecule has 8 heteroatoms. The van der Waals surface area contributed by atoms with E-state index in [0.29, 0.717) is 0 Å². The largest absolute Gasteiger partial charge is 0.465 e. The number of alkyl halides is 1. The zero-order chi connectivity index (χ0) is 13.1. The number of rotatable bonds is 2. The smallest absolute Gasteiger partial charge is 0.407 e. The quantitative estimate of drug-likeness (QED) is 0.705. The molecule has 2 rings (SSSR count). The molecule has 0 spiro atoms. The van der Waals surface area contributed by atoms with E-state index in [-0.39, 0.29) is 25.3 Å². The third kappa shape index (κ3) is 2.58. The number of imidazole rings is 1. The van der Waals surface area contributed by atoms with Crippen molar-refractivity contribution in [3.63, 3.8) is 0 Å². The molecule has 0 aliphatic carbocycles. The van der Waals surface area contributed by atoms with Crippen molar-refractivity contribution in [1.82, 2.24) is 20.2 Å². The van der Waals surface area contributed by atoms with E-state index in [1.165, 1.54) is 12.4 Å². The molecule has 18 heavy (non-hydrogen) atoms. The number of carbonyl (C=O) groups is 2. The minimum Gasteiger partial charge on any atom is -0.465 e. The van der Waals surface area contributed by atoms with E-state index >= 15 is 0 Å². The molecule has 0 aromatic carbocycles. The standard InChI is InChI=1S/C10H13FN4O3/c11-6-5-15(10(17)18)4-1-7(6)14-9(16)8-12-2-3-13-8/h2-3,6-7H,1,4-5H2,(H,12,13)(H,14,16)(H,17,18). The average Bonchev–Trinajstić information content (AvgIpc) is 2.85. The van der Waals surface area contributed by atoms with Crippen LogP contribution in [-0.2, 0) is 0 Å². The number of hydrogen-bond acceptors (Lipinski definition) is 3. The second-order valence-electron chi connectivity index (χ2n) is 4.05. The normalized spacial score (nSPS) is 23.7. The summed E-state index contributed by atoms with van der Waals surface area (Å²) < 4.78 is 13.7. The lowest BCUT2D eigenvalue weighted by Gasteiger charge is -2.33. The summed E-state index contributed by atoms with van der Waals surface area (Å²) in [6.07, 6.45) is 0.617. The third-order valence-electron chi connectivity index (χ3n) is 2.84. The molecule has 0 saturated carbocycles. The maximum atomic E-state index is 13.7. The van der Waals surface area contributed by atoms with Crippen LogP contribution in [0.3, 0.4) is 0 Å². The number of piperidine rings is 1. The van der Waals surface area contributed by atoms with Crippen LogP contribution in [0.2, 0.25) is 0 Å². The highest BCUT2D eigenvalue weighted by molar-refractivity contribution is 5.90. The van der Waals surface area contributed by atoms with E-state index in [9.17, 15) is 14.0 Å². The molecule has 98 valence electrons. The number of halogens is 1. The lowest BCUT2D eigenvalue weighted by Crippen LogP contribution is -2.53. The van der Waals surface area contributed by atoms with Crippen LogP contribution in [-0.4, -0.2) is 57.3 Å². The van der Waals surface area contributed by atoms with Crippen molar-refractivity contribution >= 4 is 12.0 Å². The zero-order valence-corrected chi connectivity index (χ0v) is 9.47. The fourth-order valence-corrected chi connectivity index (χ4v) is 1.87. The maximum Gasteiger partial charge on any atom is 0.407 e. The van der Waals surface area contributed by atoms with Gasteiger partial charge in [-0.1, -0.05) is 0 Å². The summed E-state index contributed by atoms with van der Waals surface area (Å²) in [4.78, 5) is 29.7. The van der Waals surface area contributed by atoms with Gasteiger partial charge in [0.15, 0.2) is 5.82 Å². The van der Waals surface area contributed by atoms with E-state index in [1.807, 2.05) is 0 Å². The molecule has 2 unspecified atom stereocenters. The van der Waals surface area contributed by atoms with Gasteiger partial charge in [-0.2, -0.15) is 0 Å². The molecule has 2 atom stereocenters. The number of aromatic nitrogens is 2. The predicted molar refractivity (Wildman–Crippen MR) is 59.0 cm³/mol. The molecule has 1 aromatic rings. The molecule has 2 amide bonds. The third-order valence-corrected chi connectivity index (χ3v) is 2.84. The first kappa shape index (κ1) is 12.3. The molecular weight excluding hydrogens is 243 g/mol. The summed E-state index contributed by atoms with van der Waals surface area (Å²) >= 11 is 0. The first-order chi connectivity index (χ1) is 8.58. The van der Waals surface area contributed by atoms with E-state index in [4.69, 9.17) is 5.11 Å². The molecule has 1 aliphatic rings. The van der Waals surface area contributed by atoms with Crippen LogP contribution < -0.4 is 5.32 Å². The average molecular weight is 256 g/mol. The first-order valence-corrected chi connectivity index (χ1v) is 5.50. The SMILES string of the molecule is O=C(NC1CCN(C(=O)O)CC1F)c1ncc[nH]1. The lowest BCUT2D eigenvalue weighted by molar-refractivity contribution is 0.0747. The van der Waals surface area contributed by atoms with Crippen molar-refractivity contribution in [2.45, 2.75) is 18.6 Å². The molecule has 1 aromatic heterocycles. The molecule has 1 fully saturated rings. The van der Waals surface area contributed by atoms with Crippen LogP contribution in [0.25, 0.3) is 0 Å². The van der Waals surface area contributed by atoms with Gasteiger partial charge in [0.25, 0.3) is 5.91 Å². The molecular formula is C10H13FN4O3. The molecule has 7 nitrogen and oxygen atoms in total. The fourth-order valence-electron chi connectivity index (χ4n) is 1.87. The number of hydrogen-bond donors (Lipinski definition) is 3. The monoisotopic (exact) mass is 256 g/mol. The number of amides is 2. The van der Waals surface area contributed by atoms with Crippen LogP contribution >= 0.6 is 0 Å². The molecule has 1 saturated heterocycles. The van der Waals surface area contributed by atoms with Gasteiger partial charge in [-0.15, -0.1) is 0 Å². The molecule has 1 aliphatic heterocycles. The highest BCUT2D eigenvalue weighted by Crippen LogP contribution is 2.14. The van der Waals surface area contributed by atoms with Gasteiger partial charge in [-0.25, -0.2) is 14.2 Å². The summed E-state index contributed by atoms with van der Waals surface area (Å²) in [5, 5.41) is 11.2. The Hall–Kier alpha value is -2.12. The fraction of sp³-hybridized carbons (Fsp3) is 0.500. The predicted octanol–water partition coefficient (Wildman–Crippen LogP) is 0.230. The van der Waals surface area contributed by atoms with Crippen molar-refractivity contribution in [2.75, 3.05) is 13.1 Å². The number of carbonyl (C=O) groups excluding carboxylic acids is 1. The van der Waals surface area contributed by atoms with Crippen LogP contribution in [0.15, 0.2) is 12.4 Å². The highest BCUT2D eigenvalue weighted by atomic mass is 19.1. The topological polar surface area (TPSA) is 98.3 Å². The van der Waals surface area contributed by atoms with Crippen LogP contribution in [0.1, 0.15) is 17.0 Å². The van der Waals surface area contributed by atoms with Crippen molar-refractivity contribution in [3.8, 4) is 0 Å². The number of carboxylic acid groups (broad SMARTS) is 1. The molecule has 2 heterocycles. The Kier molecular flexibility index (Phi) is 3.45. The Morgan fingerprint density at radius 2 is 2.39 bits per heavy atom. The van der Waals surface area contributed by atoms with Gasteiger partial charge in [0.1, 0.15) is 6.17 Å². The van der Waals surface area contributed by atoms with Crippen molar-refractivity contribution in [3.05, 3.63) is 18.2 Å². The number of aromatic amines is 1. The van der Waals surface area contributed by atoms with E-state index in [0.717, 1.165) is 4.90 Å². The Balaban J connectivity index is 1.91. The summed E-state index contributed by atoms with van der Waals surface area (Å²) in [5.74, 6) is -0.376. The Bertz CT molecular complexity index is 436. The summed E-state index contributed by atoms with van der Waals surface area (Å²) in [5.41, 5.74) is 0. The molecule has 0 radical (unpaired) electrons. The van der Waals surface area contributed by atoms with Crippen molar-refractivity contribution in [2.24, 2.45) is 0 Å². The Morgan fingerprint density at radius 1 is 1.61 bits per heavy atom. The maximum absolute atomic E-state index is 13.7. The van der Waals surface area contributed by atoms with Gasteiger partial charge in [0.2, 0.25) is 0 Å². The summed E-state index contributed by atoms with van der Waals surface area (Å²) in [6.45, 7) is -0.0166. The minimum atomic E-state index is -1.41. The Labute approximate surface area is 102 Å². The van der Waals surface area contributed by atoms with E-state index in [2.05, 4.69) is 15.3 Å². The van der Waals surface area contributed by atoms with Gasteiger partial charge in [-0.05, 0) is 6.42 Å². The molecule has 0 bridgehead atoms. The summed E-state index contributed by atoms with van der Waals surface area (Å²) in [6, 6.07) is -0.682. The lowest BCUT2D eigenvalue weighted by atomic mass is 10.0. The van der Waals surface area contributed by atoms with Gasteiger partial charge >= 0.3 is 6.09 Å². The summed E-state index contributed by atoms with van der Waals surface area (Å²) in [7, 11) is 0. The Morgan fingerprint density at radius 3 is 2.94 bits per heavy atom. The van der Waals surface area contributed by atoms with Crippen molar-refractivity contribution in [1.29, 1.82) is 0 Å². The van der Waals surface area contributed by atoms with Crippen LogP contribution in [0.4, 0.5) is 9.18 Å². The number of H-pyrrole nitrogens is 1. The number of nitrogens with zero attached hydrogens (tertiary/aromatic N) is 2. The first-order valence-electron chi connectivity index (χ1n) is 5.50.